The van der Waals surface area contributed by atoms with Crippen LogP contribution in [0.2, 0.25) is 5.02 Å². The van der Waals surface area contributed by atoms with Crippen molar-refractivity contribution in [2.24, 2.45) is 0 Å². The topological polar surface area (TPSA) is 67.2 Å². The first-order chi connectivity index (χ1) is 9.62. The Morgan fingerprint density at radius 2 is 2.15 bits per heavy atom. The van der Waals surface area contributed by atoms with Crippen LogP contribution in [0, 0.1) is 0 Å². The van der Waals surface area contributed by atoms with Crippen LogP contribution in [0.25, 0.3) is 0 Å². The SMILES string of the molecule is CCCn1ncc(NC2(CO)CCCCC2)c(Cl)c1=O. The van der Waals surface area contributed by atoms with Gasteiger partial charge in [-0.2, -0.15) is 5.10 Å². The maximum atomic E-state index is 12.1. The van der Waals surface area contributed by atoms with Crippen LogP contribution >= 0.6 is 11.6 Å². The Kier molecular flexibility index (Phi) is 5.05. The molecule has 0 spiro atoms. The predicted octanol–water partition coefficient (Wildman–Crippen LogP) is 2.41. The second-order valence-corrected chi connectivity index (χ2v) is 5.90. The van der Waals surface area contributed by atoms with Gasteiger partial charge in [0, 0.05) is 6.54 Å². The van der Waals surface area contributed by atoms with Crippen molar-refractivity contribution >= 4 is 17.3 Å². The molecule has 1 aromatic rings. The summed E-state index contributed by atoms with van der Waals surface area (Å²) in [5.74, 6) is 0. The Labute approximate surface area is 124 Å². The molecule has 0 bridgehead atoms. The lowest BCUT2D eigenvalue weighted by molar-refractivity contribution is 0.173. The first-order valence-electron chi connectivity index (χ1n) is 7.26. The molecule has 0 amide bonds. The highest BCUT2D eigenvalue weighted by atomic mass is 35.5. The minimum absolute atomic E-state index is 0.0430. The fraction of sp³-hybridized carbons (Fsp3) is 0.714. The lowest BCUT2D eigenvalue weighted by atomic mass is 9.82. The van der Waals surface area contributed by atoms with Gasteiger partial charge in [-0.25, -0.2) is 4.68 Å². The van der Waals surface area contributed by atoms with Crippen LogP contribution in [-0.2, 0) is 6.54 Å². The van der Waals surface area contributed by atoms with Gasteiger partial charge in [0.1, 0.15) is 5.02 Å². The molecule has 112 valence electrons. The molecule has 2 rings (SSSR count). The van der Waals surface area contributed by atoms with Gasteiger partial charge in [-0.3, -0.25) is 4.79 Å². The van der Waals surface area contributed by atoms with Crippen LogP contribution in [0.1, 0.15) is 45.4 Å². The minimum atomic E-state index is -0.368. The molecule has 2 N–H and O–H groups in total. The van der Waals surface area contributed by atoms with Gasteiger partial charge in [-0.05, 0) is 19.3 Å². The van der Waals surface area contributed by atoms with E-state index in [1.807, 2.05) is 6.92 Å². The summed E-state index contributed by atoms with van der Waals surface area (Å²) in [6.45, 7) is 2.59. The van der Waals surface area contributed by atoms with Crippen LogP contribution in [-0.4, -0.2) is 27.0 Å². The summed E-state index contributed by atoms with van der Waals surface area (Å²) in [6.07, 6.45) is 7.53. The first-order valence-corrected chi connectivity index (χ1v) is 7.64. The molecule has 0 saturated heterocycles. The van der Waals surface area contributed by atoms with Crippen molar-refractivity contribution in [3.8, 4) is 0 Å². The highest BCUT2D eigenvalue weighted by Gasteiger charge is 2.32. The molecule has 0 unspecified atom stereocenters. The van der Waals surface area contributed by atoms with Gasteiger partial charge < -0.3 is 10.4 Å². The van der Waals surface area contributed by atoms with Crippen molar-refractivity contribution in [1.29, 1.82) is 0 Å². The number of hydrogen-bond donors (Lipinski definition) is 2. The Morgan fingerprint density at radius 3 is 2.75 bits per heavy atom. The van der Waals surface area contributed by atoms with Gasteiger partial charge in [0.15, 0.2) is 0 Å². The lowest BCUT2D eigenvalue weighted by Gasteiger charge is -2.37. The van der Waals surface area contributed by atoms with E-state index in [0.29, 0.717) is 12.2 Å². The van der Waals surface area contributed by atoms with Crippen molar-refractivity contribution in [3.05, 3.63) is 21.6 Å². The average molecular weight is 300 g/mol. The van der Waals surface area contributed by atoms with E-state index in [4.69, 9.17) is 11.6 Å². The number of halogens is 1. The molecule has 0 aromatic carbocycles. The van der Waals surface area contributed by atoms with Crippen LogP contribution in [0.5, 0.6) is 0 Å². The fourth-order valence-electron chi connectivity index (χ4n) is 2.76. The molecule has 0 radical (unpaired) electrons. The number of nitrogens with one attached hydrogen (secondary N) is 1. The molecule has 20 heavy (non-hydrogen) atoms. The van der Waals surface area contributed by atoms with Crippen molar-refractivity contribution in [2.75, 3.05) is 11.9 Å². The van der Waals surface area contributed by atoms with Crippen LogP contribution < -0.4 is 10.9 Å². The zero-order valence-corrected chi connectivity index (χ0v) is 12.6. The lowest BCUT2D eigenvalue weighted by Crippen LogP contribution is -2.44. The molecular weight excluding hydrogens is 278 g/mol. The summed E-state index contributed by atoms with van der Waals surface area (Å²) < 4.78 is 1.38. The highest BCUT2D eigenvalue weighted by molar-refractivity contribution is 6.32. The summed E-state index contributed by atoms with van der Waals surface area (Å²) in [6, 6.07) is 0. The maximum Gasteiger partial charge on any atom is 0.287 e. The van der Waals surface area contributed by atoms with Gasteiger partial charge in [0.2, 0.25) is 0 Å². The van der Waals surface area contributed by atoms with Gasteiger partial charge in [0.25, 0.3) is 5.56 Å². The van der Waals surface area contributed by atoms with E-state index < -0.39 is 0 Å². The number of nitrogens with zero attached hydrogens (tertiary/aromatic N) is 2. The normalized spacial score (nSPS) is 17.9. The highest BCUT2D eigenvalue weighted by Crippen LogP contribution is 2.32. The van der Waals surface area contributed by atoms with Crippen LogP contribution in [0.3, 0.4) is 0 Å². The Balaban J connectivity index is 2.24. The molecule has 5 nitrogen and oxygen atoms in total. The van der Waals surface area contributed by atoms with Crippen molar-refractivity contribution in [3.63, 3.8) is 0 Å². The summed E-state index contributed by atoms with van der Waals surface area (Å²) in [7, 11) is 0. The Hall–Kier alpha value is -1.07. The zero-order chi connectivity index (χ0) is 14.6. The maximum absolute atomic E-state index is 12.1. The molecular formula is C14H22ClN3O2. The number of hydrogen-bond acceptors (Lipinski definition) is 4. The van der Waals surface area contributed by atoms with E-state index in [0.717, 1.165) is 32.1 Å². The second kappa shape index (κ2) is 6.59. The predicted molar refractivity (Wildman–Crippen MR) is 80.3 cm³/mol. The monoisotopic (exact) mass is 299 g/mol. The Morgan fingerprint density at radius 1 is 1.45 bits per heavy atom. The van der Waals surface area contributed by atoms with Crippen molar-refractivity contribution in [2.45, 2.75) is 57.5 Å². The fourth-order valence-corrected chi connectivity index (χ4v) is 2.95. The van der Waals surface area contributed by atoms with Gasteiger partial charge in [-0.15, -0.1) is 0 Å². The standard InChI is InChI=1S/C14H22ClN3O2/c1-2-8-18-13(20)12(15)11(9-16-18)17-14(10-19)6-4-3-5-7-14/h9,17,19H,2-8,10H2,1H3. The van der Waals surface area contributed by atoms with Crippen LogP contribution in [0.15, 0.2) is 11.0 Å². The van der Waals surface area contributed by atoms with E-state index in [9.17, 15) is 9.90 Å². The van der Waals surface area contributed by atoms with E-state index >= 15 is 0 Å². The summed E-state index contributed by atoms with van der Waals surface area (Å²) in [5.41, 5.74) is -0.116. The first kappa shape index (κ1) is 15.3. The molecule has 1 heterocycles. The number of aryl methyl sites for hydroxylation is 1. The average Bonchev–Trinajstić information content (AvgIpc) is 2.48. The summed E-state index contributed by atoms with van der Waals surface area (Å²) in [4.78, 5) is 12.1. The van der Waals surface area contributed by atoms with E-state index in [2.05, 4.69) is 10.4 Å². The molecule has 1 aliphatic rings. The van der Waals surface area contributed by atoms with E-state index in [-0.39, 0.29) is 22.7 Å². The van der Waals surface area contributed by atoms with Gasteiger partial charge in [0.05, 0.1) is 24.0 Å². The summed E-state index contributed by atoms with van der Waals surface area (Å²) in [5, 5.41) is 17.3. The third kappa shape index (κ3) is 3.15. The molecule has 0 atom stereocenters. The molecule has 1 saturated carbocycles. The minimum Gasteiger partial charge on any atom is -0.394 e. The van der Waals surface area contributed by atoms with E-state index in [1.165, 1.54) is 11.1 Å². The van der Waals surface area contributed by atoms with Gasteiger partial charge >= 0.3 is 0 Å². The second-order valence-electron chi connectivity index (χ2n) is 5.52. The summed E-state index contributed by atoms with van der Waals surface area (Å²) >= 11 is 6.15. The van der Waals surface area contributed by atoms with Crippen molar-refractivity contribution < 1.29 is 5.11 Å². The Bertz CT molecular complexity index is 510. The van der Waals surface area contributed by atoms with E-state index in [1.54, 1.807) is 6.20 Å². The number of aliphatic hydroxyl groups is 1. The molecule has 0 aliphatic heterocycles. The van der Waals surface area contributed by atoms with Gasteiger partial charge in [-0.1, -0.05) is 37.8 Å². The quantitative estimate of drug-likeness (QED) is 0.876. The zero-order valence-electron chi connectivity index (χ0n) is 11.9. The smallest absolute Gasteiger partial charge is 0.287 e. The molecule has 6 heteroatoms. The molecule has 1 fully saturated rings. The third-order valence-electron chi connectivity index (χ3n) is 3.93. The largest absolute Gasteiger partial charge is 0.394 e. The number of rotatable bonds is 5. The number of aromatic nitrogens is 2. The number of anilines is 1. The third-order valence-corrected chi connectivity index (χ3v) is 4.30. The number of aliphatic hydroxyl groups excluding tert-OH is 1. The molecule has 1 aromatic heterocycles. The van der Waals surface area contributed by atoms with Crippen molar-refractivity contribution in [1.82, 2.24) is 9.78 Å². The molecule has 1 aliphatic carbocycles. The van der Waals surface area contributed by atoms with Crippen LogP contribution in [0.4, 0.5) is 5.69 Å².